The van der Waals surface area contributed by atoms with Crippen molar-refractivity contribution in [2.45, 2.75) is 19.5 Å². The van der Waals surface area contributed by atoms with Gasteiger partial charge in [-0.3, -0.25) is 4.68 Å². The van der Waals surface area contributed by atoms with Crippen LogP contribution in [0, 0.1) is 0 Å². The molecule has 21 heavy (non-hydrogen) atoms. The normalized spacial score (nSPS) is 10.4. The van der Waals surface area contributed by atoms with E-state index in [0.29, 0.717) is 25.1 Å². The number of hydrogen-bond donors (Lipinski definition) is 2. The summed E-state index contributed by atoms with van der Waals surface area (Å²) < 4.78 is 6.34. The summed E-state index contributed by atoms with van der Waals surface area (Å²) in [5.74, 6) is -0.353. The maximum Gasteiger partial charge on any atom is 0.337 e. The number of aromatic nitrogens is 3. The Hall–Kier alpha value is -2.41. The largest absolute Gasteiger partial charge is 0.465 e. The highest BCUT2D eigenvalue weighted by Gasteiger charge is 2.05. The SMILES string of the molecule is COC(=O)c1ccc(NCc2cn(CCCO)nn2)cc1. The maximum absolute atomic E-state index is 11.3. The molecule has 0 saturated heterocycles. The zero-order chi connectivity index (χ0) is 15.1. The second-order valence-electron chi connectivity index (χ2n) is 4.47. The van der Waals surface area contributed by atoms with E-state index in [1.54, 1.807) is 16.8 Å². The van der Waals surface area contributed by atoms with Crippen molar-refractivity contribution in [1.29, 1.82) is 0 Å². The number of aliphatic hydroxyl groups is 1. The molecule has 0 amide bonds. The van der Waals surface area contributed by atoms with E-state index in [1.807, 2.05) is 18.3 Å². The lowest BCUT2D eigenvalue weighted by Gasteiger charge is -2.05. The molecule has 0 aliphatic rings. The molecule has 7 heteroatoms. The molecule has 2 aromatic rings. The van der Waals surface area contributed by atoms with Gasteiger partial charge in [0.15, 0.2) is 0 Å². The van der Waals surface area contributed by atoms with Crippen molar-refractivity contribution < 1.29 is 14.6 Å². The lowest BCUT2D eigenvalue weighted by molar-refractivity contribution is 0.0601. The molecule has 0 aliphatic heterocycles. The van der Waals surface area contributed by atoms with Crippen LogP contribution in [0.5, 0.6) is 0 Å². The number of carbonyl (C=O) groups is 1. The van der Waals surface area contributed by atoms with Gasteiger partial charge in [0, 0.05) is 18.8 Å². The van der Waals surface area contributed by atoms with Gasteiger partial charge in [-0.25, -0.2) is 4.79 Å². The molecular formula is C14H18N4O3. The van der Waals surface area contributed by atoms with Crippen LogP contribution >= 0.6 is 0 Å². The van der Waals surface area contributed by atoms with Crippen LogP contribution in [0.1, 0.15) is 22.5 Å². The number of nitrogens with one attached hydrogen (secondary N) is 1. The minimum absolute atomic E-state index is 0.139. The molecule has 0 saturated carbocycles. The summed E-state index contributed by atoms with van der Waals surface area (Å²) in [6.45, 7) is 1.33. The summed E-state index contributed by atoms with van der Waals surface area (Å²) in [7, 11) is 1.36. The number of rotatable bonds is 7. The van der Waals surface area contributed by atoms with Crippen molar-refractivity contribution in [2.75, 3.05) is 19.0 Å². The number of anilines is 1. The van der Waals surface area contributed by atoms with Crippen LogP contribution in [-0.2, 0) is 17.8 Å². The van der Waals surface area contributed by atoms with Gasteiger partial charge in [0.25, 0.3) is 0 Å². The third kappa shape index (κ3) is 4.28. The summed E-state index contributed by atoms with van der Waals surface area (Å²) in [4.78, 5) is 11.3. The lowest BCUT2D eigenvalue weighted by atomic mass is 10.2. The van der Waals surface area contributed by atoms with Gasteiger partial charge >= 0.3 is 5.97 Å². The Morgan fingerprint density at radius 3 is 2.81 bits per heavy atom. The Morgan fingerprint density at radius 2 is 2.14 bits per heavy atom. The van der Waals surface area contributed by atoms with Crippen molar-refractivity contribution in [3.63, 3.8) is 0 Å². The fourth-order valence-electron chi connectivity index (χ4n) is 1.80. The smallest absolute Gasteiger partial charge is 0.337 e. The molecule has 0 atom stereocenters. The molecule has 1 aromatic carbocycles. The van der Waals surface area contributed by atoms with Crippen LogP contribution in [-0.4, -0.2) is 39.8 Å². The van der Waals surface area contributed by atoms with Crippen molar-refractivity contribution in [1.82, 2.24) is 15.0 Å². The van der Waals surface area contributed by atoms with Gasteiger partial charge in [0.1, 0.15) is 5.69 Å². The van der Waals surface area contributed by atoms with Crippen LogP contribution in [0.25, 0.3) is 0 Å². The average Bonchev–Trinajstić information content (AvgIpc) is 2.98. The van der Waals surface area contributed by atoms with Crippen LogP contribution in [0.2, 0.25) is 0 Å². The van der Waals surface area contributed by atoms with Crippen LogP contribution in [0.3, 0.4) is 0 Å². The molecule has 0 unspecified atom stereocenters. The number of benzene rings is 1. The minimum atomic E-state index is -0.353. The quantitative estimate of drug-likeness (QED) is 0.741. The summed E-state index contributed by atoms with van der Waals surface area (Å²) in [5, 5.41) is 20.0. The number of hydrogen-bond acceptors (Lipinski definition) is 6. The molecule has 0 spiro atoms. The van der Waals surface area contributed by atoms with Gasteiger partial charge in [-0.05, 0) is 30.7 Å². The third-order valence-corrected chi connectivity index (χ3v) is 2.91. The van der Waals surface area contributed by atoms with Crippen LogP contribution < -0.4 is 5.32 Å². The number of carbonyl (C=O) groups excluding carboxylic acids is 1. The van der Waals surface area contributed by atoms with E-state index in [-0.39, 0.29) is 12.6 Å². The molecule has 1 aromatic heterocycles. The number of aliphatic hydroxyl groups excluding tert-OH is 1. The van der Waals surface area contributed by atoms with E-state index in [4.69, 9.17) is 5.11 Å². The third-order valence-electron chi connectivity index (χ3n) is 2.91. The predicted octanol–water partition coefficient (Wildman–Crippen LogP) is 1.06. The average molecular weight is 290 g/mol. The highest BCUT2D eigenvalue weighted by atomic mass is 16.5. The second-order valence-corrected chi connectivity index (χ2v) is 4.47. The zero-order valence-corrected chi connectivity index (χ0v) is 11.8. The monoisotopic (exact) mass is 290 g/mol. The van der Waals surface area contributed by atoms with E-state index in [2.05, 4.69) is 20.4 Å². The number of aryl methyl sites for hydroxylation is 1. The molecule has 2 N–H and O–H groups in total. The molecule has 0 radical (unpaired) electrons. The number of nitrogens with zero attached hydrogens (tertiary/aromatic N) is 3. The highest BCUT2D eigenvalue weighted by molar-refractivity contribution is 5.89. The lowest BCUT2D eigenvalue weighted by Crippen LogP contribution is -2.03. The Kier molecular flexibility index (Phi) is 5.28. The van der Waals surface area contributed by atoms with Crippen LogP contribution in [0.4, 0.5) is 5.69 Å². The molecule has 0 aliphatic carbocycles. The Bertz CT molecular complexity index is 580. The van der Waals surface area contributed by atoms with Gasteiger partial charge in [-0.1, -0.05) is 5.21 Å². The van der Waals surface area contributed by atoms with Gasteiger partial charge < -0.3 is 15.2 Å². The van der Waals surface area contributed by atoms with E-state index >= 15 is 0 Å². The van der Waals surface area contributed by atoms with Crippen molar-refractivity contribution in [3.8, 4) is 0 Å². The second kappa shape index (κ2) is 7.39. The Balaban J connectivity index is 1.87. The first-order valence-electron chi connectivity index (χ1n) is 6.65. The number of methoxy groups -OCH3 is 1. The fraction of sp³-hybridized carbons (Fsp3) is 0.357. The van der Waals surface area contributed by atoms with Gasteiger partial charge in [0.05, 0.1) is 25.4 Å². The summed E-state index contributed by atoms with van der Waals surface area (Å²) in [6.07, 6.45) is 2.50. The van der Waals surface area contributed by atoms with Crippen molar-refractivity contribution in [2.24, 2.45) is 0 Å². The van der Waals surface area contributed by atoms with E-state index in [0.717, 1.165) is 11.4 Å². The van der Waals surface area contributed by atoms with Gasteiger partial charge in [0.2, 0.25) is 0 Å². The summed E-state index contributed by atoms with van der Waals surface area (Å²) in [5.41, 5.74) is 2.20. The predicted molar refractivity (Wildman–Crippen MR) is 76.8 cm³/mol. The molecule has 1 heterocycles. The molecule has 0 fully saturated rings. The fourth-order valence-corrected chi connectivity index (χ4v) is 1.80. The molecule has 112 valence electrons. The topological polar surface area (TPSA) is 89.3 Å². The van der Waals surface area contributed by atoms with E-state index < -0.39 is 0 Å². The molecular weight excluding hydrogens is 272 g/mol. The van der Waals surface area contributed by atoms with Gasteiger partial charge in [-0.2, -0.15) is 0 Å². The van der Waals surface area contributed by atoms with Crippen molar-refractivity contribution in [3.05, 3.63) is 41.7 Å². The molecule has 7 nitrogen and oxygen atoms in total. The molecule has 0 bridgehead atoms. The van der Waals surface area contributed by atoms with Crippen molar-refractivity contribution >= 4 is 11.7 Å². The minimum Gasteiger partial charge on any atom is -0.465 e. The first-order chi connectivity index (χ1) is 10.2. The summed E-state index contributed by atoms with van der Waals surface area (Å²) >= 11 is 0. The van der Waals surface area contributed by atoms with Crippen LogP contribution in [0.15, 0.2) is 30.5 Å². The Morgan fingerprint density at radius 1 is 1.38 bits per heavy atom. The number of ether oxygens (including phenoxy) is 1. The van der Waals surface area contributed by atoms with E-state index in [1.165, 1.54) is 7.11 Å². The first kappa shape index (κ1) is 15.0. The van der Waals surface area contributed by atoms with Gasteiger partial charge in [-0.15, -0.1) is 5.10 Å². The standard InChI is InChI=1S/C14H18N4O3/c1-21-14(20)11-3-5-12(6-4-11)15-9-13-10-18(17-16-13)7-2-8-19/h3-6,10,15,19H,2,7-9H2,1H3. The number of esters is 1. The Labute approximate surface area is 122 Å². The highest BCUT2D eigenvalue weighted by Crippen LogP contribution is 2.11. The maximum atomic E-state index is 11.3. The summed E-state index contributed by atoms with van der Waals surface area (Å²) in [6, 6.07) is 7.02. The van der Waals surface area contributed by atoms with E-state index in [9.17, 15) is 4.79 Å². The molecule has 2 rings (SSSR count). The zero-order valence-electron chi connectivity index (χ0n) is 11.8. The first-order valence-corrected chi connectivity index (χ1v) is 6.65.